The van der Waals surface area contributed by atoms with Gasteiger partial charge in [-0.3, -0.25) is 9.00 Å². The number of pyridine rings is 1. The number of nitrogens with zero attached hydrogens (tertiary/aromatic N) is 2. The minimum atomic E-state index is -2.32. The smallest absolute Gasteiger partial charge is 0.503 e. The number of fused-ring (bicyclic) bond motifs is 1. The number of aromatic nitrogens is 1. The van der Waals surface area contributed by atoms with Gasteiger partial charge < -0.3 is 24.5 Å². The van der Waals surface area contributed by atoms with E-state index in [1.165, 1.54) is 17.1 Å². The molecule has 10 nitrogen and oxygen atoms in total. The Balaban J connectivity index is 0.000000786. The number of carboxylic acid groups (broad SMARTS) is 2. The molecule has 0 saturated heterocycles. The molecule has 38 heavy (non-hydrogen) atoms. The number of amides is 1. The fraction of sp³-hybridized carbons (Fsp3) is 0.444. The zero-order chi connectivity index (χ0) is 27.4. The number of carbonyl (C=O) groups is 2. The van der Waals surface area contributed by atoms with Crippen molar-refractivity contribution in [2.75, 3.05) is 13.6 Å². The van der Waals surface area contributed by atoms with Crippen LogP contribution >= 0.6 is 0 Å². The third kappa shape index (κ3) is 6.97. The van der Waals surface area contributed by atoms with E-state index < -0.39 is 17.4 Å². The molecule has 3 aromatic rings. The molecule has 5 rings (SSSR count). The van der Waals surface area contributed by atoms with Crippen LogP contribution in [0, 0.1) is 12.8 Å². The maximum absolute atomic E-state index is 12.9. The Kier molecular flexibility index (Phi) is 8.80. The summed E-state index contributed by atoms with van der Waals surface area (Å²) < 4.78 is 31.6. The number of rotatable bonds is 10. The van der Waals surface area contributed by atoms with Crippen LogP contribution in [0.1, 0.15) is 71.6 Å². The van der Waals surface area contributed by atoms with Crippen LogP contribution in [0.2, 0.25) is 0 Å². The van der Waals surface area contributed by atoms with Gasteiger partial charge in [-0.1, -0.05) is 42.7 Å². The maximum Gasteiger partial charge on any atom is 0.503 e. The Morgan fingerprint density at radius 3 is 2.39 bits per heavy atom. The Bertz CT molecular complexity index is 1330. The zero-order valence-electron chi connectivity index (χ0n) is 21.4. The Hall–Kier alpha value is -3.28. The average molecular weight is 543 g/mol. The van der Waals surface area contributed by atoms with Gasteiger partial charge in [-0.05, 0) is 56.1 Å². The van der Waals surface area contributed by atoms with Crippen LogP contribution in [0.5, 0.6) is 0 Å². The van der Waals surface area contributed by atoms with Gasteiger partial charge in [-0.25, -0.2) is 14.1 Å². The van der Waals surface area contributed by atoms with Crippen molar-refractivity contribution in [3.63, 3.8) is 0 Å². The highest BCUT2D eigenvalue weighted by molar-refractivity contribution is 7.76. The molecule has 0 bridgehead atoms. The van der Waals surface area contributed by atoms with E-state index in [0.717, 1.165) is 54.0 Å². The first-order valence-corrected chi connectivity index (χ1v) is 13.7. The Morgan fingerprint density at radius 2 is 1.84 bits per heavy atom. The second-order valence-corrected chi connectivity index (χ2v) is 10.8. The lowest BCUT2D eigenvalue weighted by Gasteiger charge is -2.24. The molecule has 2 heterocycles. The normalized spacial score (nSPS) is 15.7. The maximum atomic E-state index is 12.9. The van der Waals surface area contributed by atoms with E-state index in [2.05, 4.69) is 5.32 Å². The highest BCUT2D eigenvalue weighted by Gasteiger charge is 2.31. The lowest BCUT2D eigenvalue weighted by Crippen LogP contribution is -2.27. The average Bonchev–Trinajstić information content (AvgIpc) is 3.80. The van der Waals surface area contributed by atoms with Gasteiger partial charge >= 0.3 is 6.16 Å². The molecule has 1 unspecified atom stereocenters. The van der Waals surface area contributed by atoms with Gasteiger partial charge in [0.1, 0.15) is 5.76 Å². The lowest BCUT2D eigenvalue weighted by atomic mass is 10.0. The van der Waals surface area contributed by atoms with E-state index >= 15 is 0 Å². The standard InChI is InChI=1S/C26H31N3O4S.CH2O3/c1-16-5-9-19(10-6-16)24-23(25(30)27-2)21-14-20(18-11-12-18)22(28-26(21)33-24)15-29(34(31)32)13-3-4-17-7-8-17;2-1(3)4/h5-6,9-10,14,17-18H,3-4,7-8,11-13,15H2,1-2H3,(H,27,30)(H,31,32);(H2,2,3,4)/p-1. The number of furan rings is 1. The minimum Gasteiger partial charge on any atom is -0.760 e. The molecule has 0 spiro atoms. The van der Waals surface area contributed by atoms with Crippen LogP contribution in [0.15, 0.2) is 34.7 Å². The topological polar surface area (TPSA) is 156 Å². The number of nitrogens with one attached hydrogen (secondary N) is 1. The number of aryl methyl sites for hydroxylation is 1. The fourth-order valence-electron chi connectivity index (χ4n) is 4.54. The van der Waals surface area contributed by atoms with Gasteiger partial charge in [0.05, 0.1) is 23.2 Å². The van der Waals surface area contributed by atoms with E-state index in [-0.39, 0.29) is 12.5 Å². The van der Waals surface area contributed by atoms with Crippen molar-refractivity contribution >= 4 is 34.4 Å². The van der Waals surface area contributed by atoms with Gasteiger partial charge in [0.25, 0.3) is 5.91 Å². The third-order valence-electron chi connectivity index (χ3n) is 6.83. The van der Waals surface area contributed by atoms with Crippen LogP contribution in [0.25, 0.3) is 22.4 Å². The van der Waals surface area contributed by atoms with Gasteiger partial charge in [-0.15, -0.1) is 0 Å². The summed E-state index contributed by atoms with van der Waals surface area (Å²) in [5, 5.41) is 17.3. The second-order valence-electron chi connectivity index (χ2n) is 9.85. The molecule has 1 amide bonds. The van der Waals surface area contributed by atoms with Crippen molar-refractivity contribution in [1.82, 2.24) is 14.6 Å². The SMILES string of the molecule is CNC(=O)c1c(-c2ccc(C)cc2)oc2nc(CN(CCCC3CC3)S(=O)[O-])c(C3CC3)cc12.O=C(O)O. The third-order valence-corrected chi connectivity index (χ3v) is 7.57. The van der Waals surface area contributed by atoms with Crippen LogP contribution in [-0.2, 0) is 17.8 Å². The molecule has 1 aromatic carbocycles. The first-order chi connectivity index (χ1) is 18.2. The van der Waals surface area contributed by atoms with E-state index in [1.54, 1.807) is 7.05 Å². The predicted octanol–water partition coefficient (Wildman–Crippen LogP) is 5.05. The van der Waals surface area contributed by atoms with Crippen molar-refractivity contribution < 1.29 is 33.0 Å². The van der Waals surface area contributed by atoms with Gasteiger partial charge in [0, 0.05) is 30.4 Å². The number of carbonyl (C=O) groups excluding carboxylic acids is 1. The Morgan fingerprint density at radius 1 is 1.18 bits per heavy atom. The quantitative estimate of drug-likeness (QED) is 0.301. The molecular formula is C27H32N3O7S-. The second kappa shape index (κ2) is 12.1. The van der Waals surface area contributed by atoms with Crippen molar-refractivity contribution in [2.24, 2.45) is 5.92 Å². The molecule has 2 saturated carbocycles. The summed E-state index contributed by atoms with van der Waals surface area (Å²) in [4.78, 5) is 26.2. The number of hydrogen-bond acceptors (Lipinski definition) is 6. The molecule has 0 radical (unpaired) electrons. The molecule has 2 aromatic heterocycles. The van der Waals surface area contributed by atoms with Crippen LogP contribution < -0.4 is 5.32 Å². The van der Waals surface area contributed by atoms with Crippen molar-refractivity contribution in [2.45, 2.75) is 57.9 Å². The molecule has 0 aliphatic heterocycles. The van der Waals surface area contributed by atoms with Crippen molar-refractivity contribution in [1.29, 1.82) is 0 Å². The molecule has 1 atom stereocenters. The van der Waals surface area contributed by atoms with Crippen molar-refractivity contribution in [3.05, 3.63) is 52.7 Å². The summed E-state index contributed by atoms with van der Waals surface area (Å²) in [7, 11) is 1.60. The molecular weight excluding hydrogens is 510 g/mol. The van der Waals surface area contributed by atoms with Crippen molar-refractivity contribution in [3.8, 4) is 11.3 Å². The summed E-state index contributed by atoms with van der Waals surface area (Å²) in [6.45, 7) is 2.72. The highest BCUT2D eigenvalue weighted by atomic mass is 32.2. The first-order valence-electron chi connectivity index (χ1n) is 12.7. The predicted molar refractivity (Wildman–Crippen MR) is 141 cm³/mol. The monoisotopic (exact) mass is 542 g/mol. The summed E-state index contributed by atoms with van der Waals surface area (Å²) in [6, 6.07) is 9.83. The molecule has 2 aliphatic rings. The van der Waals surface area contributed by atoms with Crippen LogP contribution in [-0.4, -0.2) is 53.9 Å². The molecule has 2 aliphatic carbocycles. The van der Waals surface area contributed by atoms with Crippen LogP contribution in [0.3, 0.4) is 0 Å². The van der Waals surface area contributed by atoms with Gasteiger partial charge in [0.2, 0.25) is 5.71 Å². The number of hydrogen-bond donors (Lipinski definition) is 3. The summed E-state index contributed by atoms with van der Waals surface area (Å²) in [5.74, 6) is 1.36. The van der Waals surface area contributed by atoms with E-state index in [4.69, 9.17) is 24.4 Å². The summed E-state index contributed by atoms with van der Waals surface area (Å²) in [6.07, 6.45) is 4.71. The molecule has 3 N–H and O–H groups in total. The highest BCUT2D eigenvalue weighted by Crippen LogP contribution is 2.44. The molecule has 2 fully saturated rings. The fourth-order valence-corrected chi connectivity index (χ4v) is 5.05. The summed E-state index contributed by atoms with van der Waals surface area (Å²) >= 11 is -2.32. The van der Waals surface area contributed by atoms with E-state index in [1.807, 2.05) is 37.3 Å². The van der Waals surface area contributed by atoms with Gasteiger partial charge in [0.15, 0.2) is 0 Å². The first kappa shape index (κ1) is 27.7. The lowest BCUT2D eigenvalue weighted by molar-refractivity contribution is 0.0964. The van der Waals surface area contributed by atoms with Gasteiger partial charge in [-0.2, -0.15) is 0 Å². The minimum absolute atomic E-state index is 0.221. The van der Waals surface area contributed by atoms with Crippen LogP contribution in [0.4, 0.5) is 4.79 Å². The molecule has 204 valence electrons. The zero-order valence-corrected chi connectivity index (χ0v) is 22.3. The number of benzene rings is 1. The molecule has 11 heteroatoms. The largest absolute Gasteiger partial charge is 0.760 e. The van der Waals surface area contributed by atoms with E-state index in [0.29, 0.717) is 34.9 Å². The Labute approximate surface area is 223 Å². The van der Waals surface area contributed by atoms with E-state index in [9.17, 15) is 13.6 Å². The summed E-state index contributed by atoms with van der Waals surface area (Å²) in [5.41, 5.74) is 4.49.